The molecule has 6 heteroatoms. The van der Waals surface area contributed by atoms with Crippen LogP contribution in [0.2, 0.25) is 0 Å². The van der Waals surface area contributed by atoms with Crippen molar-refractivity contribution in [3.63, 3.8) is 0 Å². The molecule has 4 rings (SSSR count). The van der Waals surface area contributed by atoms with Gasteiger partial charge in [0.1, 0.15) is 5.60 Å². The number of alkyl carbamates (subject to hydrolysis) is 1. The summed E-state index contributed by atoms with van der Waals surface area (Å²) in [6.07, 6.45) is 1.11. The molecule has 0 saturated carbocycles. The molecule has 3 aliphatic heterocycles. The van der Waals surface area contributed by atoms with E-state index in [4.69, 9.17) is 4.74 Å². The zero-order valence-corrected chi connectivity index (χ0v) is 13.1. The van der Waals surface area contributed by atoms with Crippen molar-refractivity contribution in [2.75, 3.05) is 26.2 Å². The molecule has 2 amide bonds. The molecule has 0 bridgehead atoms. The van der Waals surface area contributed by atoms with Gasteiger partial charge in [-0.15, -0.1) is 0 Å². The van der Waals surface area contributed by atoms with Crippen LogP contribution < -0.4 is 5.32 Å². The largest absolute Gasteiger partial charge is 0.441 e. The lowest BCUT2D eigenvalue weighted by molar-refractivity contribution is -0.135. The smallest absolute Gasteiger partial charge is 0.407 e. The van der Waals surface area contributed by atoms with Gasteiger partial charge in [-0.2, -0.15) is 0 Å². The van der Waals surface area contributed by atoms with Crippen LogP contribution in [0.1, 0.15) is 24.0 Å². The van der Waals surface area contributed by atoms with E-state index in [1.807, 2.05) is 17.0 Å². The zero-order valence-electron chi connectivity index (χ0n) is 13.1. The first kappa shape index (κ1) is 14.5. The number of ether oxygens (including phenoxy) is 1. The molecule has 0 atom stereocenters. The highest BCUT2D eigenvalue weighted by Crippen LogP contribution is 2.29. The van der Waals surface area contributed by atoms with Gasteiger partial charge in [0.25, 0.3) is 0 Å². The summed E-state index contributed by atoms with van der Waals surface area (Å²) in [5.74, 6) is 0.171. The molecular weight excluding hydrogens is 294 g/mol. The summed E-state index contributed by atoms with van der Waals surface area (Å²) in [6.45, 7) is 4.04. The Morgan fingerprint density at radius 2 is 1.83 bits per heavy atom. The molecule has 0 aromatic heterocycles. The molecule has 2 saturated heterocycles. The van der Waals surface area contributed by atoms with Gasteiger partial charge in [0, 0.05) is 39.0 Å². The predicted molar refractivity (Wildman–Crippen MR) is 83.6 cm³/mol. The maximum atomic E-state index is 12.5. The number of hydrogen-bond acceptors (Lipinski definition) is 4. The van der Waals surface area contributed by atoms with Crippen molar-refractivity contribution in [2.45, 2.75) is 31.5 Å². The summed E-state index contributed by atoms with van der Waals surface area (Å²) in [6, 6.07) is 8.36. The molecule has 6 nitrogen and oxygen atoms in total. The Labute approximate surface area is 135 Å². The highest BCUT2D eigenvalue weighted by Gasteiger charge is 2.43. The van der Waals surface area contributed by atoms with Gasteiger partial charge in [-0.25, -0.2) is 4.79 Å². The Morgan fingerprint density at radius 1 is 1.17 bits per heavy atom. The fourth-order valence-electron chi connectivity index (χ4n) is 3.75. The summed E-state index contributed by atoms with van der Waals surface area (Å²) in [5, 5.41) is 2.72. The Balaban J connectivity index is 1.31. The number of carbonyl (C=O) groups is 2. The Morgan fingerprint density at radius 3 is 2.39 bits per heavy atom. The molecule has 1 N–H and O–H groups in total. The van der Waals surface area contributed by atoms with E-state index in [9.17, 15) is 9.59 Å². The van der Waals surface area contributed by atoms with E-state index in [2.05, 4.69) is 22.3 Å². The minimum atomic E-state index is -0.391. The molecule has 2 fully saturated rings. The Hall–Kier alpha value is -2.08. The Bertz CT molecular complexity index is 613. The monoisotopic (exact) mass is 315 g/mol. The molecule has 1 spiro atoms. The number of nitrogens with zero attached hydrogens (tertiary/aromatic N) is 2. The van der Waals surface area contributed by atoms with E-state index in [0.717, 1.165) is 25.9 Å². The quantitative estimate of drug-likeness (QED) is 0.888. The summed E-state index contributed by atoms with van der Waals surface area (Å²) in [7, 11) is 0. The van der Waals surface area contributed by atoms with E-state index >= 15 is 0 Å². The molecule has 122 valence electrons. The number of hydrogen-bond donors (Lipinski definition) is 1. The zero-order chi connectivity index (χ0) is 15.9. The van der Waals surface area contributed by atoms with Crippen molar-refractivity contribution in [1.29, 1.82) is 0 Å². The topological polar surface area (TPSA) is 61.9 Å². The van der Waals surface area contributed by atoms with Crippen LogP contribution in [0.15, 0.2) is 24.3 Å². The van der Waals surface area contributed by atoms with Gasteiger partial charge < -0.3 is 15.0 Å². The minimum absolute atomic E-state index is 0.171. The highest BCUT2D eigenvalue weighted by atomic mass is 16.6. The number of rotatable bonds is 2. The summed E-state index contributed by atoms with van der Waals surface area (Å²) in [4.78, 5) is 27.9. The second-order valence-electron chi connectivity index (χ2n) is 6.72. The van der Waals surface area contributed by atoms with Gasteiger partial charge in [0.15, 0.2) is 0 Å². The van der Waals surface area contributed by atoms with Gasteiger partial charge in [-0.1, -0.05) is 24.3 Å². The molecule has 0 aliphatic carbocycles. The molecular formula is C17H21N3O3. The van der Waals surface area contributed by atoms with Crippen molar-refractivity contribution < 1.29 is 14.3 Å². The predicted octanol–water partition coefficient (Wildman–Crippen LogP) is 1.10. The molecule has 1 aromatic rings. The molecule has 23 heavy (non-hydrogen) atoms. The first-order chi connectivity index (χ1) is 11.1. The van der Waals surface area contributed by atoms with E-state index in [0.29, 0.717) is 26.2 Å². The maximum absolute atomic E-state index is 12.5. The van der Waals surface area contributed by atoms with Gasteiger partial charge in [0.05, 0.1) is 13.1 Å². The third kappa shape index (κ3) is 2.79. The second kappa shape index (κ2) is 5.53. The lowest BCUT2D eigenvalue weighted by Gasteiger charge is -2.37. The molecule has 3 aliphatic rings. The van der Waals surface area contributed by atoms with Gasteiger partial charge in [-0.05, 0) is 11.1 Å². The number of amides is 2. The highest BCUT2D eigenvalue weighted by molar-refractivity contribution is 5.78. The standard InChI is InChI=1S/C17H21N3O3/c21-15(11-19-9-13-3-1-2-4-14(13)10-19)20-7-5-17(6-8-20)12-18-16(22)23-17/h1-4H,5-12H2,(H,18,22). The van der Waals surface area contributed by atoms with E-state index < -0.39 is 5.60 Å². The third-order valence-corrected chi connectivity index (χ3v) is 5.16. The first-order valence-electron chi connectivity index (χ1n) is 8.17. The van der Waals surface area contributed by atoms with Crippen LogP contribution in [-0.4, -0.2) is 53.6 Å². The molecule has 3 heterocycles. The van der Waals surface area contributed by atoms with Crippen LogP contribution in [0.3, 0.4) is 0 Å². The third-order valence-electron chi connectivity index (χ3n) is 5.16. The number of piperidine rings is 1. The van der Waals surface area contributed by atoms with Crippen molar-refractivity contribution in [1.82, 2.24) is 15.1 Å². The van der Waals surface area contributed by atoms with Crippen LogP contribution in [0, 0.1) is 0 Å². The van der Waals surface area contributed by atoms with E-state index in [1.165, 1.54) is 11.1 Å². The summed E-state index contributed by atoms with van der Waals surface area (Å²) < 4.78 is 5.40. The average Bonchev–Trinajstić information content (AvgIpc) is 3.11. The van der Waals surface area contributed by atoms with Crippen LogP contribution in [-0.2, 0) is 22.6 Å². The Kier molecular flexibility index (Phi) is 3.49. The van der Waals surface area contributed by atoms with Crippen molar-refractivity contribution in [3.8, 4) is 0 Å². The SMILES string of the molecule is O=C1NCC2(CCN(C(=O)CN3Cc4ccccc4C3)CC2)O1. The fraction of sp³-hybridized carbons (Fsp3) is 0.529. The number of likely N-dealkylation sites (tertiary alicyclic amines) is 1. The van der Waals surface area contributed by atoms with E-state index in [-0.39, 0.29) is 12.0 Å². The lowest BCUT2D eigenvalue weighted by atomic mass is 9.91. The average molecular weight is 315 g/mol. The fourth-order valence-corrected chi connectivity index (χ4v) is 3.75. The molecule has 0 unspecified atom stereocenters. The van der Waals surface area contributed by atoms with Crippen LogP contribution >= 0.6 is 0 Å². The lowest BCUT2D eigenvalue weighted by Crippen LogP contribution is -2.50. The van der Waals surface area contributed by atoms with Gasteiger partial charge in [0.2, 0.25) is 5.91 Å². The summed E-state index contributed by atoms with van der Waals surface area (Å²) >= 11 is 0. The number of benzene rings is 1. The normalized spacial score (nSPS) is 22.8. The second-order valence-corrected chi connectivity index (χ2v) is 6.72. The maximum Gasteiger partial charge on any atom is 0.407 e. The number of fused-ring (bicyclic) bond motifs is 1. The summed E-state index contributed by atoms with van der Waals surface area (Å²) in [5.41, 5.74) is 2.25. The molecule has 1 aromatic carbocycles. The first-order valence-corrected chi connectivity index (χ1v) is 8.17. The van der Waals surface area contributed by atoms with Crippen molar-refractivity contribution in [2.24, 2.45) is 0 Å². The minimum Gasteiger partial charge on any atom is -0.441 e. The van der Waals surface area contributed by atoms with E-state index in [1.54, 1.807) is 0 Å². The van der Waals surface area contributed by atoms with Crippen molar-refractivity contribution >= 4 is 12.0 Å². The van der Waals surface area contributed by atoms with Crippen LogP contribution in [0.5, 0.6) is 0 Å². The number of carbonyl (C=O) groups excluding carboxylic acids is 2. The van der Waals surface area contributed by atoms with Crippen molar-refractivity contribution in [3.05, 3.63) is 35.4 Å². The number of nitrogens with one attached hydrogen (secondary N) is 1. The van der Waals surface area contributed by atoms with Gasteiger partial charge >= 0.3 is 6.09 Å². The van der Waals surface area contributed by atoms with Crippen LogP contribution in [0.25, 0.3) is 0 Å². The van der Waals surface area contributed by atoms with Gasteiger partial charge in [-0.3, -0.25) is 9.69 Å². The molecule has 0 radical (unpaired) electrons. The van der Waals surface area contributed by atoms with Crippen LogP contribution in [0.4, 0.5) is 4.79 Å².